The Hall–Kier alpha value is -2.17. The minimum atomic E-state index is -0.320. The molecule has 0 fully saturated rings. The lowest BCUT2D eigenvalue weighted by Crippen LogP contribution is -2.11. The van der Waals surface area contributed by atoms with Crippen LogP contribution in [0.4, 0.5) is 0 Å². The van der Waals surface area contributed by atoms with E-state index >= 15 is 0 Å². The predicted octanol–water partition coefficient (Wildman–Crippen LogP) is 3.81. The number of hydrogen-bond acceptors (Lipinski definition) is 3. The molecule has 0 bridgehead atoms. The van der Waals surface area contributed by atoms with E-state index in [0.29, 0.717) is 15.7 Å². The van der Waals surface area contributed by atoms with Gasteiger partial charge in [0.25, 0.3) is 0 Å². The highest BCUT2D eigenvalue weighted by atomic mass is 35.5. The minimum absolute atomic E-state index is 0.250. The maximum atomic E-state index is 12.7. The molecule has 0 saturated heterocycles. The van der Waals surface area contributed by atoms with Crippen LogP contribution in [0, 0.1) is 0 Å². The first kappa shape index (κ1) is 13.8. The third-order valence-corrected chi connectivity index (χ3v) is 3.60. The molecule has 3 rings (SSSR count). The van der Waals surface area contributed by atoms with Crippen LogP contribution in [0.25, 0.3) is 5.69 Å². The van der Waals surface area contributed by atoms with Crippen LogP contribution >= 0.6 is 23.2 Å². The van der Waals surface area contributed by atoms with E-state index in [2.05, 4.69) is 10.3 Å². The van der Waals surface area contributed by atoms with E-state index in [0.717, 1.165) is 5.69 Å². The molecule has 3 aromatic rings. The molecule has 104 valence electrons. The molecule has 0 aliphatic rings. The van der Waals surface area contributed by atoms with Gasteiger partial charge in [-0.25, -0.2) is 4.68 Å². The smallest absolute Gasteiger partial charge is 0.216 e. The normalized spacial score (nSPS) is 10.6. The molecule has 6 heteroatoms. The van der Waals surface area contributed by atoms with Gasteiger partial charge >= 0.3 is 0 Å². The van der Waals surface area contributed by atoms with Gasteiger partial charge in [-0.3, -0.25) is 4.79 Å². The molecule has 1 heterocycles. The van der Waals surface area contributed by atoms with Crippen molar-refractivity contribution in [2.45, 2.75) is 0 Å². The first-order valence-electron chi connectivity index (χ1n) is 6.13. The zero-order valence-electron chi connectivity index (χ0n) is 10.7. The molecule has 0 amide bonds. The van der Waals surface area contributed by atoms with Crippen LogP contribution in [0.5, 0.6) is 0 Å². The fourth-order valence-electron chi connectivity index (χ4n) is 1.99. The number of hydrogen-bond donors (Lipinski definition) is 0. The van der Waals surface area contributed by atoms with Crippen molar-refractivity contribution in [2.24, 2.45) is 0 Å². The summed E-state index contributed by atoms with van der Waals surface area (Å²) in [5.41, 5.74) is 1.29. The second kappa shape index (κ2) is 5.68. The van der Waals surface area contributed by atoms with Crippen molar-refractivity contribution < 1.29 is 4.79 Å². The zero-order chi connectivity index (χ0) is 14.8. The molecule has 0 atom stereocenters. The molecule has 0 saturated carbocycles. The average molecular weight is 318 g/mol. The van der Waals surface area contributed by atoms with Gasteiger partial charge in [-0.05, 0) is 24.3 Å². The summed E-state index contributed by atoms with van der Waals surface area (Å²) < 4.78 is 1.46. The van der Waals surface area contributed by atoms with Crippen molar-refractivity contribution in [3.05, 3.63) is 76.0 Å². The Morgan fingerprint density at radius 2 is 1.62 bits per heavy atom. The first-order chi connectivity index (χ1) is 10.2. The third kappa shape index (κ3) is 2.55. The summed E-state index contributed by atoms with van der Waals surface area (Å²) in [5.74, 6) is -0.320. The Morgan fingerprint density at radius 1 is 0.952 bits per heavy atom. The van der Waals surface area contributed by atoms with Gasteiger partial charge in [0, 0.05) is 0 Å². The summed E-state index contributed by atoms with van der Waals surface area (Å²) in [6, 6.07) is 14.2. The Kier molecular flexibility index (Phi) is 3.73. The van der Waals surface area contributed by atoms with Crippen molar-refractivity contribution in [2.75, 3.05) is 0 Å². The number of rotatable bonds is 3. The molecule has 1 aromatic heterocycles. The molecule has 0 aliphatic carbocycles. The maximum Gasteiger partial charge on any atom is 0.216 e. The van der Waals surface area contributed by atoms with Gasteiger partial charge in [0.1, 0.15) is 5.69 Å². The van der Waals surface area contributed by atoms with Gasteiger partial charge in [0.05, 0.1) is 27.5 Å². The highest BCUT2D eigenvalue weighted by molar-refractivity contribution is 6.40. The largest absolute Gasteiger partial charge is 0.287 e. The molecule has 0 N–H and O–H groups in total. The standard InChI is InChI=1S/C15H9Cl2N3O/c16-11-7-4-8-12(17)14(11)15(21)13-9-18-19-20(13)10-5-2-1-3-6-10/h1-9H. The lowest BCUT2D eigenvalue weighted by molar-refractivity contribution is 0.103. The first-order valence-corrected chi connectivity index (χ1v) is 6.89. The van der Waals surface area contributed by atoms with Gasteiger partial charge in [0.2, 0.25) is 5.78 Å². The molecule has 0 aliphatic heterocycles. The molecule has 0 radical (unpaired) electrons. The van der Waals surface area contributed by atoms with Crippen LogP contribution in [-0.2, 0) is 0 Å². The third-order valence-electron chi connectivity index (χ3n) is 2.97. The molecule has 2 aromatic carbocycles. The topological polar surface area (TPSA) is 47.8 Å². The van der Waals surface area contributed by atoms with Crippen molar-refractivity contribution >= 4 is 29.0 Å². The van der Waals surface area contributed by atoms with Crippen LogP contribution < -0.4 is 0 Å². The number of carbonyl (C=O) groups is 1. The lowest BCUT2D eigenvalue weighted by Gasteiger charge is -2.07. The van der Waals surface area contributed by atoms with E-state index in [1.165, 1.54) is 10.9 Å². The fourth-order valence-corrected chi connectivity index (χ4v) is 2.56. The predicted molar refractivity (Wildman–Crippen MR) is 81.3 cm³/mol. The summed E-state index contributed by atoms with van der Waals surface area (Å²) in [5, 5.41) is 8.36. The summed E-state index contributed by atoms with van der Waals surface area (Å²) in [4.78, 5) is 12.7. The Bertz CT molecular complexity index is 779. The van der Waals surface area contributed by atoms with Crippen molar-refractivity contribution in [3.8, 4) is 5.69 Å². The van der Waals surface area contributed by atoms with Crippen molar-refractivity contribution in [3.63, 3.8) is 0 Å². The van der Waals surface area contributed by atoms with Gasteiger partial charge < -0.3 is 0 Å². The van der Waals surface area contributed by atoms with E-state index in [9.17, 15) is 4.79 Å². The summed E-state index contributed by atoms with van der Waals surface area (Å²) in [6.07, 6.45) is 1.40. The molecular formula is C15H9Cl2N3O. The SMILES string of the molecule is O=C(c1c(Cl)cccc1Cl)c1cnnn1-c1ccccc1. The minimum Gasteiger partial charge on any atom is -0.287 e. The summed E-state index contributed by atoms with van der Waals surface area (Å²) in [6.45, 7) is 0. The number of aromatic nitrogens is 3. The Labute approximate surface area is 130 Å². The van der Waals surface area contributed by atoms with Crippen LogP contribution in [-0.4, -0.2) is 20.8 Å². The quantitative estimate of drug-likeness (QED) is 0.690. The van der Waals surface area contributed by atoms with Crippen LogP contribution in [0.2, 0.25) is 10.0 Å². The molecule has 0 spiro atoms. The van der Waals surface area contributed by atoms with E-state index in [4.69, 9.17) is 23.2 Å². The lowest BCUT2D eigenvalue weighted by atomic mass is 10.1. The number of benzene rings is 2. The monoisotopic (exact) mass is 317 g/mol. The Morgan fingerprint density at radius 3 is 2.29 bits per heavy atom. The number of para-hydroxylation sites is 1. The fraction of sp³-hybridized carbons (Fsp3) is 0. The second-order valence-electron chi connectivity index (χ2n) is 4.29. The van der Waals surface area contributed by atoms with Gasteiger partial charge in [-0.2, -0.15) is 0 Å². The average Bonchev–Trinajstić information content (AvgIpc) is 2.97. The second-order valence-corrected chi connectivity index (χ2v) is 5.11. The van der Waals surface area contributed by atoms with Gasteiger partial charge in [-0.15, -0.1) is 5.10 Å². The highest BCUT2D eigenvalue weighted by Crippen LogP contribution is 2.27. The van der Waals surface area contributed by atoms with Crippen LogP contribution in [0.3, 0.4) is 0 Å². The molecule has 4 nitrogen and oxygen atoms in total. The molecule has 21 heavy (non-hydrogen) atoms. The summed E-state index contributed by atoms with van der Waals surface area (Å²) >= 11 is 12.2. The summed E-state index contributed by atoms with van der Waals surface area (Å²) in [7, 11) is 0. The number of halogens is 2. The number of ketones is 1. The van der Waals surface area contributed by atoms with Crippen molar-refractivity contribution in [1.29, 1.82) is 0 Å². The van der Waals surface area contributed by atoms with Crippen LogP contribution in [0.15, 0.2) is 54.7 Å². The highest BCUT2D eigenvalue weighted by Gasteiger charge is 2.21. The van der Waals surface area contributed by atoms with Crippen molar-refractivity contribution in [1.82, 2.24) is 15.0 Å². The molecular weight excluding hydrogens is 309 g/mol. The van der Waals surface area contributed by atoms with E-state index in [1.54, 1.807) is 18.2 Å². The van der Waals surface area contributed by atoms with Gasteiger partial charge in [-0.1, -0.05) is 52.7 Å². The number of carbonyl (C=O) groups excluding carboxylic acids is 1. The molecule has 0 unspecified atom stereocenters. The number of nitrogens with zero attached hydrogens (tertiary/aromatic N) is 3. The van der Waals surface area contributed by atoms with Gasteiger partial charge in [0.15, 0.2) is 0 Å². The van der Waals surface area contributed by atoms with E-state index < -0.39 is 0 Å². The zero-order valence-corrected chi connectivity index (χ0v) is 12.2. The van der Waals surface area contributed by atoms with E-state index in [1.807, 2.05) is 30.3 Å². The Balaban J connectivity index is 2.11. The maximum absolute atomic E-state index is 12.7. The van der Waals surface area contributed by atoms with E-state index in [-0.39, 0.29) is 11.3 Å². The van der Waals surface area contributed by atoms with Crippen LogP contribution in [0.1, 0.15) is 16.1 Å².